The van der Waals surface area contributed by atoms with Gasteiger partial charge in [0.2, 0.25) is 6.29 Å². The first-order valence-electron chi connectivity index (χ1n) is 9.48. The lowest BCUT2D eigenvalue weighted by Gasteiger charge is -2.40. The van der Waals surface area contributed by atoms with Crippen LogP contribution in [0.3, 0.4) is 0 Å². The van der Waals surface area contributed by atoms with Crippen LogP contribution in [0.5, 0.6) is 17.2 Å². The molecule has 2 aromatic carbocycles. The quantitative estimate of drug-likeness (QED) is 0.472. The fraction of sp³-hybridized carbons (Fsp3) is 0.381. The number of hydrogen-bond donors (Lipinski definition) is 5. The average molecular weight is 418 g/mol. The number of ketones is 1. The van der Waals surface area contributed by atoms with Crippen LogP contribution in [0.15, 0.2) is 42.5 Å². The van der Waals surface area contributed by atoms with E-state index in [9.17, 15) is 30.3 Å². The average Bonchev–Trinajstić information content (AvgIpc) is 2.74. The van der Waals surface area contributed by atoms with Crippen LogP contribution in [0, 0.1) is 0 Å². The minimum atomic E-state index is -1.66. The minimum absolute atomic E-state index is 0.0346. The predicted molar refractivity (Wildman–Crippen MR) is 101 cm³/mol. The molecular weight excluding hydrogens is 396 g/mol. The summed E-state index contributed by atoms with van der Waals surface area (Å²) in [7, 11) is 0. The third-order valence-electron chi connectivity index (χ3n) is 5.23. The summed E-state index contributed by atoms with van der Waals surface area (Å²) in [6.07, 6.45) is -8.00. The van der Waals surface area contributed by atoms with Gasteiger partial charge in [-0.05, 0) is 5.56 Å². The molecule has 6 atom stereocenters. The maximum Gasteiger partial charge on any atom is 0.229 e. The lowest BCUT2D eigenvalue weighted by atomic mass is 9.95. The molecule has 9 heteroatoms. The third kappa shape index (κ3) is 3.73. The van der Waals surface area contributed by atoms with Gasteiger partial charge in [0, 0.05) is 12.1 Å². The normalized spacial score (nSPS) is 31.0. The maximum atomic E-state index is 12.9. The van der Waals surface area contributed by atoms with E-state index in [1.807, 2.05) is 30.3 Å². The fourth-order valence-electron chi connectivity index (χ4n) is 3.65. The summed E-state index contributed by atoms with van der Waals surface area (Å²) < 4.78 is 16.8. The van der Waals surface area contributed by atoms with E-state index in [0.29, 0.717) is 0 Å². The largest absolute Gasteiger partial charge is 0.508 e. The molecule has 2 aromatic rings. The van der Waals surface area contributed by atoms with Gasteiger partial charge < -0.3 is 39.7 Å². The maximum absolute atomic E-state index is 12.9. The Morgan fingerprint density at radius 1 is 1.03 bits per heavy atom. The van der Waals surface area contributed by atoms with Crippen molar-refractivity contribution in [3.05, 3.63) is 53.6 Å². The molecule has 4 rings (SSSR count). The molecule has 9 nitrogen and oxygen atoms in total. The number of aromatic hydroxyl groups is 1. The van der Waals surface area contributed by atoms with Gasteiger partial charge in [0.05, 0.1) is 13.0 Å². The van der Waals surface area contributed by atoms with Gasteiger partial charge in [-0.25, -0.2) is 0 Å². The lowest BCUT2D eigenvalue weighted by Crippen LogP contribution is -2.60. The molecule has 5 N–H and O–H groups in total. The van der Waals surface area contributed by atoms with Crippen LogP contribution in [0.25, 0.3) is 0 Å². The number of phenolic OH excluding ortho intramolecular Hbond substituents is 1. The number of rotatable bonds is 4. The molecule has 1 saturated heterocycles. The first kappa shape index (κ1) is 20.6. The van der Waals surface area contributed by atoms with Crippen molar-refractivity contribution < 1.29 is 44.5 Å². The number of aliphatic hydroxyl groups is 4. The summed E-state index contributed by atoms with van der Waals surface area (Å²) in [6, 6.07) is 11.6. The Morgan fingerprint density at radius 2 is 1.77 bits per heavy atom. The molecule has 30 heavy (non-hydrogen) atoms. The summed E-state index contributed by atoms with van der Waals surface area (Å²) in [5.41, 5.74) is 0.869. The first-order chi connectivity index (χ1) is 14.4. The molecule has 2 aliphatic heterocycles. The number of ether oxygens (including phenoxy) is 3. The Labute approximate surface area is 171 Å². The molecule has 0 radical (unpaired) electrons. The molecule has 0 aliphatic carbocycles. The SMILES string of the molecule is O=C1C[C@@H](c2ccccc2)Oc2cc(O)cc(O[C@H]3O[C@@H](CO)[C@@H](O)[C@@H](O)[C@@H]3O)c21. The monoisotopic (exact) mass is 418 g/mol. The van der Waals surface area contributed by atoms with Crippen LogP contribution >= 0.6 is 0 Å². The van der Waals surface area contributed by atoms with Gasteiger partial charge in [-0.1, -0.05) is 30.3 Å². The zero-order valence-corrected chi connectivity index (χ0v) is 15.8. The highest BCUT2D eigenvalue weighted by Crippen LogP contribution is 2.43. The van der Waals surface area contributed by atoms with Gasteiger partial charge in [-0.15, -0.1) is 0 Å². The number of benzene rings is 2. The van der Waals surface area contributed by atoms with Crippen molar-refractivity contribution >= 4 is 5.78 Å². The van der Waals surface area contributed by atoms with E-state index in [4.69, 9.17) is 14.2 Å². The van der Waals surface area contributed by atoms with Gasteiger partial charge in [-0.3, -0.25) is 4.79 Å². The lowest BCUT2D eigenvalue weighted by molar-refractivity contribution is -0.277. The topological polar surface area (TPSA) is 146 Å². The molecule has 160 valence electrons. The van der Waals surface area contributed by atoms with Crippen molar-refractivity contribution in [1.82, 2.24) is 0 Å². The molecule has 0 bridgehead atoms. The molecule has 0 amide bonds. The summed E-state index contributed by atoms with van der Waals surface area (Å²) in [5, 5.41) is 49.4. The Bertz CT molecular complexity index is 914. The van der Waals surface area contributed by atoms with E-state index < -0.39 is 43.4 Å². The molecule has 2 heterocycles. The molecule has 1 fully saturated rings. The standard InChI is InChI=1S/C21H22O9/c22-9-16-18(25)19(26)20(27)21(30-16)29-15-7-11(23)6-14-17(15)12(24)8-13(28-14)10-4-2-1-3-5-10/h1-7,13,16,18-23,25-27H,8-9H2/t13-,16-,18+,19+,20-,21-/m0/s1. The number of hydrogen-bond acceptors (Lipinski definition) is 9. The van der Waals surface area contributed by atoms with Gasteiger partial charge >= 0.3 is 0 Å². The van der Waals surface area contributed by atoms with Crippen molar-refractivity contribution in [1.29, 1.82) is 0 Å². The fourth-order valence-corrected chi connectivity index (χ4v) is 3.65. The van der Waals surface area contributed by atoms with Crippen LogP contribution < -0.4 is 9.47 Å². The predicted octanol–water partition coefficient (Wildman–Crippen LogP) is 0.277. The Hall–Kier alpha value is -2.69. The molecule has 2 aliphatic rings. The highest BCUT2D eigenvalue weighted by Gasteiger charge is 2.45. The van der Waals surface area contributed by atoms with Crippen molar-refractivity contribution in [2.24, 2.45) is 0 Å². The molecule has 0 aromatic heterocycles. The number of Topliss-reactive ketones (excluding diaryl/α,β-unsaturated/α-hetero) is 1. The highest BCUT2D eigenvalue weighted by molar-refractivity contribution is 6.02. The Morgan fingerprint density at radius 3 is 2.47 bits per heavy atom. The van der Waals surface area contributed by atoms with Gasteiger partial charge in [0.15, 0.2) is 5.78 Å². The number of aliphatic hydroxyl groups excluding tert-OH is 4. The van der Waals surface area contributed by atoms with E-state index in [-0.39, 0.29) is 35.0 Å². The molecular formula is C21H22O9. The number of fused-ring (bicyclic) bond motifs is 1. The third-order valence-corrected chi connectivity index (χ3v) is 5.23. The van der Waals surface area contributed by atoms with E-state index in [2.05, 4.69) is 0 Å². The van der Waals surface area contributed by atoms with E-state index >= 15 is 0 Å². The zero-order chi connectivity index (χ0) is 21.4. The smallest absolute Gasteiger partial charge is 0.229 e. The zero-order valence-electron chi connectivity index (χ0n) is 15.8. The van der Waals surface area contributed by atoms with Crippen LogP contribution in [0.2, 0.25) is 0 Å². The molecule has 0 unspecified atom stereocenters. The van der Waals surface area contributed by atoms with Crippen LogP contribution in [-0.2, 0) is 4.74 Å². The second kappa shape index (κ2) is 8.21. The van der Waals surface area contributed by atoms with Gasteiger partial charge in [-0.2, -0.15) is 0 Å². The van der Waals surface area contributed by atoms with E-state index in [1.54, 1.807) is 0 Å². The van der Waals surface area contributed by atoms with Crippen molar-refractivity contribution in [2.45, 2.75) is 43.2 Å². The highest BCUT2D eigenvalue weighted by atomic mass is 16.7. The van der Waals surface area contributed by atoms with Crippen molar-refractivity contribution in [3.63, 3.8) is 0 Å². The summed E-state index contributed by atoms with van der Waals surface area (Å²) >= 11 is 0. The number of carbonyl (C=O) groups excluding carboxylic acids is 1. The number of carbonyl (C=O) groups is 1. The Balaban J connectivity index is 1.63. The van der Waals surface area contributed by atoms with Crippen LogP contribution in [0.1, 0.15) is 28.4 Å². The molecule has 0 spiro atoms. The summed E-state index contributed by atoms with van der Waals surface area (Å²) in [4.78, 5) is 12.9. The van der Waals surface area contributed by atoms with Gasteiger partial charge in [0.25, 0.3) is 0 Å². The van der Waals surface area contributed by atoms with Crippen molar-refractivity contribution in [3.8, 4) is 17.2 Å². The minimum Gasteiger partial charge on any atom is -0.508 e. The second-order valence-corrected chi connectivity index (χ2v) is 7.28. The van der Waals surface area contributed by atoms with E-state index in [0.717, 1.165) is 5.56 Å². The van der Waals surface area contributed by atoms with Crippen LogP contribution in [0.4, 0.5) is 0 Å². The Kier molecular flexibility index (Phi) is 5.63. The summed E-state index contributed by atoms with van der Waals surface area (Å²) in [5.74, 6) is -0.537. The first-order valence-corrected chi connectivity index (χ1v) is 9.48. The molecule has 0 saturated carbocycles. The van der Waals surface area contributed by atoms with E-state index in [1.165, 1.54) is 12.1 Å². The summed E-state index contributed by atoms with van der Waals surface area (Å²) in [6.45, 7) is -0.621. The van der Waals surface area contributed by atoms with Gasteiger partial charge in [0.1, 0.15) is 53.3 Å². The van der Waals surface area contributed by atoms with Crippen LogP contribution in [-0.4, -0.2) is 68.6 Å². The van der Waals surface area contributed by atoms with Crippen molar-refractivity contribution in [2.75, 3.05) is 6.61 Å². The number of phenols is 1. The second-order valence-electron chi connectivity index (χ2n) is 7.28.